The summed E-state index contributed by atoms with van der Waals surface area (Å²) in [6.07, 6.45) is 4.41. The standard InChI is InChI=1S/C27H30N2O3/c1-18(19-12-7-5-8-13-19)28(26(32)27(2,3)4)22-17-11-16-21-23(22)25(31)29(24(21)30)20-14-9-6-10-15-20/h5-15,17-18,21-23H,16H2,1-4H3/t18-,21+,22-,23+/m0/s1. The first-order valence-electron chi connectivity index (χ1n) is 11.2. The molecular formula is C27H30N2O3. The smallest absolute Gasteiger partial charge is 0.240 e. The van der Waals surface area contributed by atoms with Crippen LogP contribution in [0.25, 0.3) is 0 Å². The second-order valence-corrected chi connectivity index (χ2v) is 9.68. The molecule has 1 heterocycles. The first kappa shape index (κ1) is 22.0. The second-order valence-electron chi connectivity index (χ2n) is 9.68. The summed E-state index contributed by atoms with van der Waals surface area (Å²) in [7, 11) is 0. The molecule has 0 bridgehead atoms. The number of nitrogens with zero attached hydrogens (tertiary/aromatic N) is 2. The Morgan fingerprint density at radius 3 is 2.16 bits per heavy atom. The summed E-state index contributed by atoms with van der Waals surface area (Å²) in [5.41, 5.74) is 0.951. The number of benzene rings is 2. The molecule has 2 aromatic rings. The summed E-state index contributed by atoms with van der Waals surface area (Å²) in [6.45, 7) is 7.67. The fraction of sp³-hybridized carbons (Fsp3) is 0.370. The average Bonchev–Trinajstić information content (AvgIpc) is 3.05. The normalized spacial score (nSPS) is 23.8. The van der Waals surface area contributed by atoms with E-state index in [1.54, 1.807) is 12.1 Å². The number of hydrogen-bond donors (Lipinski definition) is 0. The second kappa shape index (κ2) is 8.38. The number of imide groups is 1. The molecule has 2 aliphatic rings. The van der Waals surface area contributed by atoms with Crippen LogP contribution in [0.2, 0.25) is 0 Å². The minimum Gasteiger partial charge on any atom is -0.328 e. The lowest BCUT2D eigenvalue weighted by atomic mass is 9.79. The van der Waals surface area contributed by atoms with Crippen molar-refractivity contribution in [1.82, 2.24) is 4.90 Å². The lowest BCUT2D eigenvalue weighted by molar-refractivity contribution is -0.146. The van der Waals surface area contributed by atoms with Crippen molar-refractivity contribution in [3.63, 3.8) is 0 Å². The van der Waals surface area contributed by atoms with Crippen LogP contribution in [0.5, 0.6) is 0 Å². The Balaban J connectivity index is 1.77. The number of carbonyl (C=O) groups is 3. The van der Waals surface area contributed by atoms with Gasteiger partial charge in [0, 0.05) is 5.41 Å². The molecule has 1 aliphatic carbocycles. The van der Waals surface area contributed by atoms with Crippen molar-refractivity contribution in [2.24, 2.45) is 17.3 Å². The number of amides is 3. The van der Waals surface area contributed by atoms with Crippen molar-refractivity contribution >= 4 is 23.4 Å². The molecule has 0 unspecified atom stereocenters. The number of rotatable bonds is 4. The fourth-order valence-corrected chi connectivity index (χ4v) is 4.81. The predicted octanol–water partition coefficient (Wildman–Crippen LogP) is 4.76. The van der Waals surface area contributed by atoms with Gasteiger partial charge in [0.15, 0.2) is 0 Å². The molecule has 166 valence electrons. The monoisotopic (exact) mass is 430 g/mol. The van der Waals surface area contributed by atoms with Crippen molar-refractivity contribution in [2.75, 3.05) is 4.90 Å². The number of fused-ring (bicyclic) bond motifs is 1. The Kier molecular flexibility index (Phi) is 5.76. The lowest BCUT2D eigenvalue weighted by Gasteiger charge is -2.43. The third-order valence-electron chi connectivity index (χ3n) is 6.48. The summed E-state index contributed by atoms with van der Waals surface area (Å²) >= 11 is 0. The van der Waals surface area contributed by atoms with Crippen molar-refractivity contribution in [3.8, 4) is 0 Å². The van der Waals surface area contributed by atoms with Crippen LogP contribution in [-0.4, -0.2) is 28.7 Å². The summed E-state index contributed by atoms with van der Waals surface area (Å²) < 4.78 is 0. The zero-order valence-corrected chi connectivity index (χ0v) is 19.1. The van der Waals surface area contributed by atoms with Crippen LogP contribution in [0.4, 0.5) is 5.69 Å². The molecule has 1 fully saturated rings. The van der Waals surface area contributed by atoms with E-state index in [0.717, 1.165) is 5.56 Å². The van der Waals surface area contributed by atoms with Gasteiger partial charge in [0.2, 0.25) is 17.7 Å². The summed E-state index contributed by atoms with van der Waals surface area (Å²) in [4.78, 5) is 43.7. The summed E-state index contributed by atoms with van der Waals surface area (Å²) in [5.74, 6) is -1.51. The summed E-state index contributed by atoms with van der Waals surface area (Å²) in [5, 5.41) is 0. The molecule has 1 saturated heterocycles. The van der Waals surface area contributed by atoms with E-state index in [4.69, 9.17) is 0 Å². The van der Waals surface area contributed by atoms with E-state index in [-0.39, 0.29) is 23.8 Å². The van der Waals surface area contributed by atoms with Crippen molar-refractivity contribution in [2.45, 2.75) is 46.2 Å². The predicted molar refractivity (Wildman–Crippen MR) is 125 cm³/mol. The van der Waals surface area contributed by atoms with Gasteiger partial charge in [-0.05, 0) is 31.0 Å². The molecular weight excluding hydrogens is 400 g/mol. The molecule has 0 aromatic heterocycles. The highest BCUT2D eigenvalue weighted by atomic mass is 16.2. The van der Waals surface area contributed by atoms with Crippen LogP contribution < -0.4 is 4.90 Å². The Morgan fingerprint density at radius 2 is 1.56 bits per heavy atom. The molecule has 0 saturated carbocycles. The van der Waals surface area contributed by atoms with E-state index in [1.165, 1.54) is 4.90 Å². The Labute approximate surface area is 189 Å². The van der Waals surface area contributed by atoms with Crippen molar-refractivity contribution < 1.29 is 14.4 Å². The highest BCUT2D eigenvalue weighted by Gasteiger charge is 2.54. The van der Waals surface area contributed by atoms with Gasteiger partial charge in [-0.25, -0.2) is 4.90 Å². The van der Waals surface area contributed by atoms with Gasteiger partial charge in [0.25, 0.3) is 0 Å². The molecule has 5 heteroatoms. The van der Waals surface area contributed by atoms with E-state index >= 15 is 0 Å². The van der Waals surface area contributed by atoms with E-state index in [9.17, 15) is 14.4 Å². The Hall–Kier alpha value is -3.21. The highest BCUT2D eigenvalue weighted by molar-refractivity contribution is 6.22. The van der Waals surface area contributed by atoms with Crippen molar-refractivity contribution in [3.05, 3.63) is 78.4 Å². The van der Waals surface area contributed by atoms with Gasteiger partial charge in [-0.3, -0.25) is 14.4 Å². The van der Waals surface area contributed by atoms with Crippen LogP contribution in [0.3, 0.4) is 0 Å². The van der Waals surface area contributed by atoms with Gasteiger partial charge < -0.3 is 4.90 Å². The van der Waals surface area contributed by atoms with Gasteiger partial charge in [-0.15, -0.1) is 0 Å². The van der Waals surface area contributed by atoms with E-state index in [2.05, 4.69) is 0 Å². The topological polar surface area (TPSA) is 57.7 Å². The van der Waals surface area contributed by atoms with Crippen LogP contribution in [0, 0.1) is 17.3 Å². The molecule has 4 rings (SSSR count). The lowest BCUT2D eigenvalue weighted by Crippen LogP contribution is -2.52. The van der Waals surface area contributed by atoms with Gasteiger partial charge in [0.1, 0.15) is 0 Å². The van der Waals surface area contributed by atoms with Gasteiger partial charge in [-0.1, -0.05) is 81.5 Å². The quantitative estimate of drug-likeness (QED) is 0.519. The number of anilines is 1. The Bertz CT molecular complexity index is 1040. The first-order valence-corrected chi connectivity index (χ1v) is 11.2. The van der Waals surface area contributed by atoms with E-state index in [1.807, 2.05) is 93.3 Å². The number of carbonyl (C=O) groups excluding carboxylic acids is 3. The van der Waals surface area contributed by atoms with Gasteiger partial charge in [0.05, 0.1) is 29.6 Å². The molecule has 0 spiro atoms. The first-order chi connectivity index (χ1) is 15.2. The third kappa shape index (κ3) is 3.77. The highest BCUT2D eigenvalue weighted by Crippen LogP contribution is 2.42. The number of hydrogen-bond acceptors (Lipinski definition) is 3. The molecule has 5 nitrogen and oxygen atoms in total. The minimum absolute atomic E-state index is 0.0393. The van der Waals surface area contributed by atoms with Crippen LogP contribution >= 0.6 is 0 Å². The number of allylic oxidation sites excluding steroid dienone is 1. The minimum atomic E-state index is -0.630. The largest absolute Gasteiger partial charge is 0.328 e. The SMILES string of the molecule is C[C@@H](c1ccccc1)N(C(=O)C(C)(C)C)[C@H]1C=CC[C@H]2C(=O)N(c3ccccc3)C(=O)[C@H]21. The van der Waals surface area contributed by atoms with E-state index in [0.29, 0.717) is 12.1 Å². The van der Waals surface area contributed by atoms with Crippen LogP contribution in [0.15, 0.2) is 72.8 Å². The van der Waals surface area contributed by atoms with Gasteiger partial charge in [-0.2, -0.15) is 0 Å². The zero-order valence-electron chi connectivity index (χ0n) is 19.1. The van der Waals surface area contributed by atoms with Crippen LogP contribution in [-0.2, 0) is 14.4 Å². The van der Waals surface area contributed by atoms with Crippen LogP contribution in [0.1, 0.15) is 45.7 Å². The average molecular weight is 431 g/mol. The maximum Gasteiger partial charge on any atom is 0.240 e. The molecule has 3 amide bonds. The van der Waals surface area contributed by atoms with Gasteiger partial charge >= 0.3 is 0 Å². The molecule has 32 heavy (non-hydrogen) atoms. The number of para-hydroxylation sites is 1. The maximum absolute atomic E-state index is 13.7. The third-order valence-corrected chi connectivity index (χ3v) is 6.48. The molecule has 0 N–H and O–H groups in total. The summed E-state index contributed by atoms with van der Waals surface area (Å²) in [6, 6.07) is 18.2. The maximum atomic E-state index is 13.7. The van der Waals surface area contributed by atoms with E-state index < -0.39 is 23.3 Å². The molecule has 4 atom stereocenters. The molecule has 1 aliphatic heterocycles. The Morgan fingerprint density at radius 1 is 0.969 bits per heavy atom. The molecule has 0 radical (unpaired) electrons. The molecule has 2 aromatic carbocycles. The zero-order chi connectivity index (χ0) is 23.0. The fourth-order valence-electron chi connectivity index (χ4n) is 4.81. The van der Waals surface area contributed by atoms with Crippen molar-refractivity contribution in [1.29, 1.82) is 0 Å².